The van der Waals surface area contributed by atoms with Crippen molar-refractivity contribution in [2.75, 3.05) is 32.5 Å². The SMILES string of the molecule is COC(CN1CCC2CCCCC2C1)C(CSc1ccccc1)NC(=O)c1cccc(O)c1C. The maximum absolute atomic E-state index is 13.2. The van der Waals surface area contributed by atoms with Crippen LogP contribution in [0.25, 0.3) is 0 Å². The number of hydrogen-bond acceptors (Lipinski definition) is 5. The Balaban J connectivity index is 1.46. The number of amides is 1. The summed E-state index contributed by atoms with van der Waals surface area (Å²) < 4.78 is 6.01. The van der Waals surface area contributed by atoms with Crippen molar-refractivity contribution in [3.05, 3.63) is 59.7 Å². The van der Waals surface area contributed by atoms with Crippen LogP contribution in [0.5, 0.6) is 5.75 Å². The first-order chi connectivity index (χ1) is 16.5. The molecule has 1 aliphatic carbocycles. The molecule has 1 saturated carbocycles. The Morgan fingerprint density at radius 3 is 2.65 bits per heavy atom. The average Bonchev–Trinajstić information content (AvgIpc) is 2.87. The smallest absolute Gasteiger partial charge is 0.252 e. The molecule has 0 aromatic heterocycles. The minimum atomic E-state index is -0.167. The fourth-order valence-corrected chi connectivity index (χ4v) is 6.54. The van der Waals surface area contributed by atoms with E-state index in [-0.39, 0.29) is 23.8 Å². The molecular weight excluding hydrogens is 444 g/mol. The molecule has 0 spiro atoms. The maximum Gasteiger partial charge on any atom is 0.252 e. The average molecular weight is 483 g/mol. The van der Waals surface area contributed by atoms with Crippen molar-refractivity contribution < 1.29 is 14.6 Å². The summed E-state index contributed by atoms with van der Waals surface area (Å²) in [7, 11) is 1.75. The molecule has 1 aliphatic heterocycles. The zero-order valence-corrected chi connectivity index (χ0v) is 21.2. The first-order valence-corrected chi connectivity index (χ1v) is 13.6. The molecule has 1 heterocycles. The van der Waals surface area contributed by atoms with Gasteiger partial charge >= 0.3 is 0 Å². The molecule has 2 aromatic rings. The van der Waals surface area contributed by atoms with Crippen molar-refractivity contribution in [2.24, 2.45) is 11.8 Å². The number of fused-ring (bicyclic) bond motifs is 1. The van der Waals surface area contributed by atoms with Crippen LogP contribution < -0.4 is 5.32 Å². The monoisotopic (exact) mass is 482 g/mol. The molecular formula is C28H38N2O3S. The number of phenolic OH excluding ortho intramolecular Hbond substituents is 1. The molecule has 1 saturated heterocycles. The van der Waals surface area contributed by atoms with E-state index in [1.807, 2.05) is 18.2 Å². The third kappa shape index (κ3) is 6.35. The van der Waals surface area contributed by atoms with E-state index in [4.69, 9.17) is 4.74 Å². The number of nitrogens with zero attached hydrogens (tertiary/aromatic N) is 1. The third-order valence-corrected chi connectivity index (χ3v) is 8.74. The number of phenols is 1. The highest BCUT2D eigenvalue weighted by Crippen LogP contribution is 2.36. The number of likely N-dealkylation sites (tertiary alicyclic amines) is 1. The number of aromatic hydroxyl groups is 1. The molecule has 1 amide bonds. The standard InChI is InChI=1S/C28H38N2O3S/c1-20-24(13-8-14-26(20)31)28(32)29-25(19-34-23-11-4-3-5-12-23)27(33-2)18-30-16-15-21-9-6-7-10-22(21)17-30/h3-5,8,11-14,21-22,25,27,31H,6-7,9-10,15-19H2,1-2H3,(H,29,32). The zero-order chi connectivity index (χ0) is 23.9. The second-order valence-corrected chi connectivity index (χ2v) is 10.9. The number of methoxy groups -OCH3 is 1. The van der Waals surface area contributed by atoms with Crippen molar-refractivity contribution in [3.8, 4) is 5.75 Å². The van der Waals surface area contributed by atoms with Gasteiger partial charge in [-0.25, -0.2) is 0 Å². The van der Waals surface area contributed by atoms with E-state index in [2.05, 4.69) is 22.3 Å². The fraction of sp³-hybridized carbons (Fsp3) is 0.536. The van der Waals surface area contributed by atoms with Crippen LogP contribution in [-0.4, -0.2) is 60.6 Å². The molecule has 4 rings (SSSR count). The highest BCUT2D eigenvalue weighted by Gasteiger charge is 2.34. The van der Waals surface area contributed by atoms with E-state index in [9.17, 15) is 9.90 Å². The second kappa shape index (κ2) is 12.1. The highest BCUT2D eigenvalue weighted by molar-refractivity contribution is 7.99. The Kier molecular flexibility index (Phi) is 8.92. The summed E-state index contributed by atoms with van der Waals surface area (Å²) in [5.74, 6) is 2.39. The second-order valence-electron chi connectivity index (χ2n) is 9.78. The number of benzene rings is 2. The van der Waals surface area contributed by atoms with E-state index in [0.717, 1.165) is 31.5 Å². The molecule has 0 radical (unpaired) electrons. The van der Waals surface area contributed by atoms with Crippen LogP contribution in [-0.2, 0) is 4.74 Å². The summed E-state index contributed by atoms with van der Waals surface area (Å²) in [5.41, 5.74) is 1.11. The van der Waals surface area contributed by atoms with E-state index in [0.29, 0.717) is 16.9 Å². The van der Waals surface area contributed by atoms with Crippen LogP contribution in [0.3, 0.4) is 0 Å². The molecule has 4 unspecified atom stereocenters. The molecule has 6 heteroatoms. The van der Waals surface area contributed by atoms with E-state index in [1.54, 1.807) is 44.0 Å². The van der Waals surface area contributed by atoms with Crippen LogP contribution in [0.15, 0.2) is 53.4 Å². The van der Waals surface area contributed by atoms with Crippen LogP contribution in [0.4, 0.5) is 0 Å². The van der Waals surface area contributed by atoms with Crippen LogP contribution in [0.2, 0.25) is 0 Å². The number of carbonyl (C=O) groups excluding carboxylic acids is 1. The van der Waals surface area contributed by atoms with E-state index < -0.39 is 0 Å². The maximum atomic E-state index is 13.2. The summed E-state index contributed by atoms with van der Waals surface area (Å²) in [6, 6.07) is 15.2. The number of ether oxygens (including phenoxy) is 1. The Hall–Kier alpha value is -2.02. The Morgan fingerprint density at radius 2 is 1.88 bits per heavy atom. The Labute approximate surface area is 208 Å². The highest BCUT2D eigenvalue weighted by atomic mass is 32.2. The quantitative estimate of drug-likeness (QED) is 0.486. The van der Waals surface area contributed by atoms with Gasteiger partial charge < -0.3 is 20.1 Å². The molecule has 5 nitrogen and oxygen atoms in total. The van der Waals surface area contributed by atoms with Crippen LogP contribution >= 0.6 is 11.8 Å². The van der Waals surface area contributed by atoms with Crippen molar-refractivity contribution in [3.63, 3.8) is 0 Å². The molecule has 0 bridgehead atoms. The lowest BCUT2D eigenvalue weighted by Crippen LogP contribution is -2.53. The van der Waals surface area contributed by atoms with Gasteiger partial charge in [0.05, 0.1) is 12.1 Å². The number of hydrogen-bond donors (Lipinski definition) is 2. The van der Waals surface area contributed by atoms with Crippen molar-refractivity contribution in [1.29, 1.82) is 0 Å². The lowest BCUT2D eigenvalue weighted by Gasteiger charge is -2.43. The van der Waals surface area contributed by atoms with Crippen molar-refractivity contribution in [1.82, 2.24) is 10.2 Å². The lowest BCUT2D eigenvalue weighted by atomic mass is 9.75. The number of nitrogens with one attached hydrogen (secondary N) is 1. The molecule has 2 aliphatic rings. The van der Waals surface area contributed by atoms with Gasteiger partial charge in [-0.05, 0) is 62.4 Å². The fourth-order valence-electron chi connectivity index (χ4n) is 5.52. The van der Waals surface area contributed by atoms with Gasteiger partial charge in [-0.1, -0.05) is 43.5 Å². The number of rotatable bonds is 9. The summed E-state index contributed by atoms with van der Waals surface area (Å²) in [4.78, 5) is 17.0. The van der Waals surface area contributed by atoms with Crippen molar-refractivity contribution >= 4 is 17.7 Å². The largest absolute Gasteiger partial charge is 0.508 e. The van der Waals surface area contributed by atoms with Gasteiger partial charge in [-0.3, -0.25) is 4.79 Å². The molecule has 4 atom stereocenters. The molecule has 2 aromatic carbocycles. The van der Waals surface area contributed by atoms with Gasteiger partial charge in [0.2, 0.25) is 0 Å². The normalized spacial score (nSPS) is 22.5. The Bertz CT molecular complexity index is 939. The Morgan fingerprint density at radius 1 is 1.12 bits per heavy atom. The molecule has 34 heavy (non-hydrogen) atoms. The topological polar surface area (TPSA) is 61.8 Å². The van der Waals surface area contributed by atoms with Gasteiger partial charge in [0.15, 0.2) is 0 Å². The number of piperidine rings is 1. The molecule has 184 valence electrons. The summed E-state index contributed by atoms with van der Waals surface area (Å²) >= 11 is 1.73. The van der Waals surface area contributed by atoms with E-state index in [1.165, 1.54) is 37.0 Å². The minimum Gasteiger partial charge on any atom is -0.508 e. The first kappa shape index (κ1) is 25.1. The summed E-state index contributed by atoms with van der Waals surface area (Å²) in [6.45, 7) is 4.85. The molecule has 2 N–H and O–H groups in total. The predicted molar refractivity (Wildman–Crippen MR) is 139 cm³/mol. The number of thioether (sulfide) groups is 1. The lowest BCUT2D eigenvalue weighted by molar-refractivity contribution is 0.0119. The van der Waals surface area contributed by atoms with Gasteiger partial charge in [-0.15, -0.1) is 11.8 Å². The molecule has 2 fully saturated rings. The predicted octanol–water partition coefficient (Wildman–Crippen LogP) is 5.12. The minimum absolute atomic E-state index is 0.113. The van der Waals surface area contributed by atoms with Gasteiger partial charge in [0, 0.05) is 42.0 Å². The summed E-state index contributed by atoms with van der Waals surface area (Å²) in [5, 5.41) is 13.3. The van der Waals surface area contributed by atoms with Crippen LogP contribution in [0, 0.1) is 18.8 Å². The zero-order valence-electron chi connectivity index (χ0n) is 20.4. The van der Waals surface area contributed by atoms with Gasteiger partial charge in [0.25, 0.3) is 5.91 Å². The van der Waals surface area contributed by atoms with E-state index >= 15 is 0 Å². The van der Waals surface area contributed by atoms with Crippen LogP contribution in [0.1, 0.15) is 48.0 Å². The third-order valence-electron chi connectivity index (χ3n) is 7.60. The number of carbonyl (C=O) groups is 1. The van der Waals surface area contributed by atoms with Gasteiger partial charge in [-0.2, -0.15) is 0 Å². The summed E-state index contributed by atoms with van der Waals surface area (Å²) in [6.07, 6.45) is 6.65. The van der Waals surface area contributed by atoms with Crippen molar-refractivity contribution in [2.45, 2.75) is 56.1 Å². The first-order valence-electron chi connectivity index (χ1n) is 12.6. The van der Waals surface area contributed by atoms with Gasteiger partial charge in [0.1, 0.15) is 5.75 Å².